The third-order valence-corrected chi connectivity index (χ3v) is 6.62. The summed E-state index contributed by atoms with van der Waals surface area (Å²) in [5.74, 6) is 1.29. The third kappa shape index (κ3) is 4.93. The van der Waals surface area contributed by atoms with Gasteiger partial charge >= 0.3 is 0 Å². The van der Waals surface area contributed by atoms with Crippen molar-refractivity contribution in [2.75, 3.05) is 13.1 Å². The summed E-state index contributed by atoms with van der Waals surface area (Å²) >= 11 is 1.34. The average molecular weight is 422 g/mol. The SMILES string of the molecule is Cc1ccccc1-c1nnc(S[C@@H](C)C(=O)N2CCC(Cc3ccccc3)CC2)o1. The summed E-state index contributed by atoms with van der Waals surface area (Å²) in [4.78, 5) is 14.9. The smallest absolute Gasteiger partial charge is 0.277 e. The summed E-state index contributed by atoms with van der Waals surface area (Å²) in [7, 11) is 0. The van der Waals surface area contributed by atoms with Gasteiger partial charge in [0.25, 0.3) is 5.22 Å². The summed E-state index contributed by atoms with van der Waals surface area (Å²) in [6.07, 6.45) is 3.20. The lowest BCUT2D eigenvalue weighted by atomic mass is 9.90. The molecule has 1 aliphatic rings. The summed E-state index contributed by atoms with van der Waals surface area (Å²) in [6, 6.07) is 18.5. The molecule has 0 aliphatic carbocycles. The van der Waals surface area contributed by atoms with Crippen LogP contribution in [0.5, 0.6) is 0 Å². The highest BCUT2D eigenvalue weighted by molar-refractivity contribution is 8.00. The summed E-state index contributed by atoms with van der Waals surface area (Å²) in [5.41, 5.74) is 3.39. The second kappa shape index (κ2) is 9.47. The van der Waals surface area contributed by atoms with E-state index in [9.17, 15) is 4.79 Å². The molecule has 1 aromatic heterocycles. The molecule has 0 saturated carbocycles. The fourth-order valence-corrected chi connectivity index (χ4v) is 4.71. The lowest BCUT2D eigenvalue weighted by Gasteiger charge is -2.33. The van der Waals surface area contributed by atoms with Gasteiger partial charge in [0, 0.05) is 18.7 Å². The Hall–Kier alpha value is -2.60. The van der Waals surface area contributed by atoms with Crippen molar-refractivity contribution in [2.24, 2.45) is 5.92 Å². The van der Waals surface area contributed by atoms with Crippen LogP contribution in [0.25, 0.3) is 11.5 Å². The fourth-order valence-electron chi connectivity index (χ4n) is 3.94. The number of piperidine rings is 1. The highest BCUT2D eigenvalue weighted by Gasteiger charge is 2.28. The highest BCUT2D eigenvalue weighted by atomic mass is 32.2. The molecule has 1 amide bonds. The number of benzene rings is 2. The van der Waals surface area contributed by atoms with Gasteiger partial charge in [0.1, 0.15) is 0 Å². The summed E-state index contributed by atoms with van der Waals surface area (Å²) in [6.45, 7) is 5.57. The molecule has 2 aromatic carbocycles. The van der Waals surface area contributed by atoms with Gasteiger partial charge in [-0.1, -0.05) is 60.3 Å². The molecule has 1 aliphatic heterocycles. The van der Waals surface area contributed by atoms with Gasteiger partial charge in [-0.15, -0.1) is 10.2 Å². The number of nitrogens with zero attached hydrogens (tertiary/aromatic N) is 3. The molecule has 0 bridgehead atoms. The Bertz CT molecular complexity index is 981. The minimum absolute atomic E-state index is 0.147. The van der Waals surface area contributed by atoms with Crippen molar-refractivity contribution in [1.82, 2.24) is 15.1 Å². The van der Waals surface area contributed by atoms with E-state index >= 15 is 0 Å². The number of hydrogen-bond acceptors (Lipinski definition) is 5. The van der Waals surface area contributed by atoms with Gasteiger partial charge in [-0.3, -0.25) is 4.79 Å². The van der Waals surface area contributed by atoms with Crippen LogP contribution in [0.3, 0.4) is 0 Å². The molecule has 156 valence electrons. The van der Waals surface area contributed by atoms with Crippen LogP contribution in [0, 0.1) is 12.8 Å². The molecule has 0 radical (unpaired) electrons. The second-order valence-corrected chi connectivity index (χ2v) is 9.20. The predicted octanol–water partition coefficient (Wildman–Crippen LogP) is 5.01. The highest BCUT2D eigenvalue weighted by Crippen LogP contribution is 2.29. The standard InChI is InChI=1S/C24H27N3O2S/c1-17-8-6-7-11-21(17)22-25-26-24(29-22)30-18(2)23(28)27-14-12-20(13-15-27)16-19-9-4-3-5-10-19/h3-11,18,20H,12-16H2,1-2H3/t18-/m0/s1. The number of likely N-dealkylation sites (tertiary alicyclic amines) is 1. The molecule has 4 rings (SSSR count). The molecular weight excluding hydrogens is 394 g/mol. The van der Waals surface area contributed by atoms with Crippen LogP contribution >= 0.6 is 11.8 Å². The number of aromatic nitrogens is 2. The second-order valence-electron chi connectivity index (χ2n) is 7.91. The Labute approximate surface area is 181 Å². The number of carbonyl (C=O) groups excluding carboxylic acids is 1. The lowest BCUT2D eigenvalue weighted by molar-refractivity contribution is -0.131. The van der Waals surface area contributed by atoms with Crippen LogP contribution < -0.4 is 0 Å². The maximum absolute atomic E-state index is 12.9. The van der Waals surface area contributed by atoms with E-state index in [2.05, 4.69) is 40.5 Å². The van der Waals surface area contributed by atoms with Crippen LogP contribution in [0.15, 0.2) is 64.2 Å². The Morgan fingerprint density at radius 3 is 2.53 bits per heavy atom. The molecular formula is C24H27N3O2S. The first kappa shape index (κ1) is 20.7. The maximum atomic E-state index is 12.9. The predicted molar refractivity (Wildman–Crippen MR) is 119 cm³/mol. The van der Waals surface area contributed by atoms with Crippen molar-refractivity contribution in [3.63, 3.8) is 0 Å². The minimum Gasteiger partial charge on any atom is -0.411 e. The molecule has 0 spiro atoms. The van der Waals surface area contributed by atoms with E-state index < -0.39 is 0 Å². The van der Waals surface area contributed by atoms with E-state index in [-0.39, 0.29) is 11.2 Å². The van der Waals surface area contributed by atoms with Crippen LogP contribution in [0.4, 0.5) is 0 Å². The van der Waals surface area contributed by atoms with Crippen molar-refractivity contribution in [3.05, 3.63) is 65.7 Å². The van der Waals surface area contributed by atoms with Crippen LogP contribution in [-0.4, -0.2) is 39.3 Å². The molecule has 3 aromatic rings. The molecule has 1 fully saturated rings. The zero-order valence-electron chi connectivity index (χ0n) is 17.5. The van der Waals surface area contributed by atoms with E-state index in [1.165, 1.54) is 17.3 Å². The van der Waals surface area contributed by atoms with Gasteiger partial charge < -0.3 is 9.32 Å². The van der Waals surface area contributed by atoms with Gasteiger partial charge in [0.2, 0.25) is 11.8 Å². The van der Waals surface area contributed by atoms with Crippen LogP contribution in [0.2, 0.25) is 0 Å². The van der Waals surface area contributed by atoms with Crippen molar-refractivity contribution in [1.29, 1.82) is 0 Å². The van der Waals surface area contributed by atoms with E-state index in [4.69, 9.17) is 4.42 Å². The number of hydrogen-bond donors (Lipinski definition) is 0. The molecule has 0 unspecified atom stereocenters. The zero-order chi connectivity index (χ0) is 20.9. The molecule has 0 N–H and O–H groups in total. The first-order valence-electron chi connectivity index (χ1n) is 10.5. The van der Waals surface area contributed by atoms with Crippen molar-refractivity contribution >= 4 is 17.7 Å². The summed E-state index contributed by atoms with van der Waals surface area (Å²) in [5, 5.41) is 8.48. The Balaban J connectivity index is 1.30. The molecule has 2 heterocycles. The quantitative estimate of drug-likeness (QED) is 0.524. The van der Waals surface area contributed by atoms with E-state index in [1.54, 1.807) is 0 Å². The normalized spacial score (nSPS) is 15.9. The van der Waals surface area contributed by atoms with Gasteiger partial charge in [-0.2, -0.15) is 0 Å². The van der Waals surface area contributed by atoms with Gasteiger partial charge in [-0.05, 0) is 56.2 Å². The Morgan fingerprint density at radius 2 is 1.80 bits per heavy atom. The zero-order valence-corrected chi connectivity index (χ0v) is 18.3. The third-order valence-electron chi connectivity index (χ3n) is 5.70. The number of aryl methyl sites for hydroxylation is 1. The number of amides is 1. The summed E-state index contributed by atoms with van der Waals surface area (Å²) < 4.78 is 5.81. The Morgan fingerprint density at radius 1 is 1.10 bits per heavy atom. The molecule has 5 nitrogen and oxygen atoms in total. The van der Waals surface area contributed by atoms with Crippen molar-refractivity contribution in [3.8, 4) is 11.5 Å². The van der Waals surface area contributed by atoms with Crippen LogP contribution in [0.1, 0.15) is 30.9 Å². The monoisotopic (exact) mass is 421 g/mol. The lowest BCUT2D eigenvalue weighted by Crippen LogP contribution is -2.42. The Kier molecular flexibility index (Phi) is 6.53. The average Bonchev–Trinajstić information content (AvgIpc) is 3.23. The topological polar surface area (TPSA) is 59.2 Å². The fraction of sp³-hybridized carbons (Fsp3) is 0.375. The van der Waals surface area contributed by atoms with Crippen molar-refractivity contribution in [2.45, 2.75) is 43.6 Å². The largest absolute Gasteiger partial charge is 0.411 e. The van der Waals surface area contributed by atoms with Crippen LogP contribution in [-0.2, 0) is 11.2 Å². The first-order chi connectivity index (χ1) is 14.6. The molecule has 6 heteroatoms. The van der Waals surface area contributed by atoms with E-state index in [0.29, 0.717) is 17.0 Å². The van der Waals surface area contributed by atoms with Gasteiger partial charge in [0.05, 0.1) is 5.25 Å². The van der Waals surface area contributed by atoms with E-state index in [1.807, 2.05) is 43.0 Å². The maximum Gasteiger partial charge on any atom is 0.277 e. The first-order valence-corrected chi connectivity index (χ1v) is 11.4. The molecule has 1 atom stereocenters. The molecule has 30 heavy (non-hydrogen) atoms. The number of carbonyl (C=O) groups is 1. The van der Waals surface area contributed by atoms with Gasteiger partial charge in [-0.25, -0.2) is 0 Å². The number of rotatable bonds is 6. The minimum atomic E-state index is -0.249. The molecule has 1 saturated heterocycles. The number of thioether (sulfide) groups is 1. The van der Waals surface area contributed by atoms with Crippen molar-refractivity contribution < 1.29 is 9.21 Å². The van der Waals surface area contributed by atoms with Gasteiger partial charge in [0.15, 0.2) is 0 Å². The van der Waals surface area contributed by atoms with E-state index in [0.717, 1.165) is 43.5 Å².